The Kier molecular flexibility index (Phi) is 18.6. The molecule has 158 valence electrons. The normalized spacial score (nSPS) is 11.3. The Balaban J connectivity index is 1.64. The van der Waals surface area contributed by atoms with Gasteiger partial charge in [-0.2, -0.15) is 0 Å². The zero-order chi connectivity index (χ0) is 19.3. The van der Waals surface area contributed by atoms with Crippen LogP contribution in [0.1, 0.15) is 140 Å². The largest absolute Gasteiger partial charge is 0.250 e. The number of hydrogen-bond donors (Lipinski definition) is 0. The van der Waals surface area contributed by atoms with Gasteiger partial charge < -0.3 is 0 Å². The van der Waals surface area contributed by atoms with Crippen LogP contribution in [0.5, 0.6) is 0 Å². The van der Waals surface area contributed by atoms with E-state index < -0.39 is 0 Å². The summed E-state index contributed by atoms with van der Waals surface area (Å²) in [6.45, 7) is 2.30. The van der Waals surface area contributed by atoms with Crippen molar-refractivity contribution in [2.45, 2.75) is 142 Å². The van der Waals surface area contributed by atoms with E-state index in [9.17, 15) is 0 Å². The second kappa shape index (κ2) is 20.4. The molecule has 0 bridgehead atoms. The van der Waals surface area contributed by atoms with Gasteiger partial charge in [0.1, 0.15) is 0 Å². The lowest BCUT2D eigenvalue weighted by atomic mass is 10.0. The van der Waals surface area contributed by atoms with E-state index in [2.05, 4.69) is 17.3 Å². The smallest absolute Gasteiger partial charge is 0.0924 e. The van der Waals surface area contributed by atoms with Gasteiger partial charge in [-0.15, -0.1) is 11.3 Å². The highest BCUT2D eigenvalue weighted by molar-refractivity contribution is 7.09. The van der Waals surface area contributed by atoms with E-state index in [1.54, 1.807) is 11.3 Å². The summed E-state index contributed by atoms with van der Waals surface area (Å²) in [5.41, 5.74) is 0. The second-order valence-corrected chi connectivity index (χ2v) is 9.37. The van der Waals surface area contributed by atoms with Crippen LogP contribution in [0.15, 0.2) is 11.6 Å². The molecule has 2 heteroatoms. The number of thiazole rings is 1. The molecule has 0 aliphatic rings. The van der Waals surface area contributed by atoms with Crippen LogP contribution in [0.3, 0.4) is 0 Å². The molecule has 0 saturated heterocycles. The first kappa shape index (κ1) is 24.7. The summed E-state index contributed by atoms with van der Waals surface area (Å²) in [7, 11) is 0. The standard InChI is InChI=1S/C25H47NS/c1-2-3-4-5-6-7-8-9-10-11-12-13-14-15-16-17-18-19-20-21-22-25-26-23-24-27-25/h23-24H,2-22H2,1H3. The van der Waals surface area contributed by atoms with Crippen LogP contribution in [0.25, 0.3) is 0 Å². The van der Waals surface area contributed by atoms with Crippen molar-refractivity contribution in [3.63, 3.8) is 0 Å². The predicted molar refractivity (Wildman–Crippen MR) is 124 cm³/mol. The fourth-order valence-electron chi connectivity index (χ4n) is 3.91. The van der Waals surface area contributed by atoms with Gasteiger partial charge in [-0.25, -0.2) is 4.98 Å². The molecule has 1 aromatic heterocycles. The monoisotopic (exact) mass is 393 g/mol. The Morgan fingerprint density at radius 2 is 0.926 bits per heavy atom. The zero-order valence-electron chi connectivity index (χ0n) is 18.4. The van der Waals surface area contributed by atoms with Crippen molar-refractivity contribution in [3.8, 4) is 0 Å². The molecular formula is C25H47NS. The minimum absolute atomic E-state index is 1.19. The third-order valence-electron chi connectivity index (χ3n) is 5.73. The lowest BCUT2D eigenvalue weighted by Crippen LogP contribution is -1.86. The van der Waals surface area contributed by atoms with Crippen molar-refractivity contribution >= 4 is 11.3 Å². The molecule has 0 saturated carbocycles. The molecule has 0 spiro atoms. The average molecular weight is 394 g/mol. The minimum Gasteiger partial charge on any atom is -0.250 e. The summed E-state index contributed by atoms with van der Waals surface area (Å²) in [5, 5.41) is 3.41. The minimum atomic E-state index is 1.19. The predicted octanol–water partition coefficient (Wildman–Crippen LogP) is 9.51. The van der Waals surface area contributed by atoms with E-state index in [1.807, 2.05) is 6.20 Å². The first-order valence-corrected chi connectivity index (χ1v) is 13.2. The number of rotatable bonds is 21. The first-order valence-electron chi connectivity index (χ1n) is 12.3. The Bertz CT molecular complexity index is 374. The molecule has 0 amide bonds. The maximum absolute atomic E-state index is 4.35. The first-order chi connectivity index (χ1) is 13.4. The van der Waals surface area contributed by atoms with Crippen LogP contribution in [-0.2, 0) is 6.42 Å². The van der Waals surface area contributed by atoms with Crippen LogP contribution in [0.2, 0.25) is 0 Å². The van der Waals surface area contributed by atoms with Gasteiger partial charge in [-0.1, -0.05) is 129 Å². The Hall–Kier alpha value is -0.370. The zero-order valence-corrected chi connectivity index (χ0v) is 19.2. The fraction of sp³-hybridized carbons (Fsp3) is 0.880. The molecule has 0 radical (unpaired) electrons. The highest BCUT2D eigenvalue weighted by Crippen LogP contribution is 2.15. The third-order valence-corrected chi connectivity index (χ3v) is 6.57. The highest BCUT2D eigenvalue weighted by Gasteiger charge is 1.97. The molecule has 27 heavy (non-hydrogen) atoms. The van der Waals surface area contributed by atoms with Crippen molar-refractivity contribution < 1.29 is 0 Å². The van der Waals surface area contributed by atoms with Crippen LogP contribution in [0, 0.1) is 0 Å². The maximum Gasteiger partial charge on any atom is 0.0924 e. The lowest BCUT2D eigenvalue weighted by molar-refractivity contribution is 0.521. The van der Waals surface area contributed by atoms with E-state index in [0.29, 0.717) is 0 Å². The summed E-state index contributed by atoms with van der Waals surface area (Å²) >= 11 is 1.80. The molecule has 1 heterocycles. The second-order valence-electron chi connectivity index (χ2n) is 8.39. The van der Waals surface area contributed by atoms with Gasteiger partial charge in [-0.3, -0.25) is 0 Å². The molecule has 0 atom stereocenters. The molecule has 0 aromatic carbocycles. The van der Waals surface area contributed by atoms with Gasteiger partial charge in [0, 0.05) is 11.6 Å². The number of aromatic nitrogens is 1. The van der Waals surface area contributed by atoms with E-state index in [-0.39, 0.29) is 0 Å². The van der Waals surface area contributed by atoms with Gasteiger partial charge in [0.2, 0.25) is 0 Å². The summed E-state index contributed by atoms with van der Waals surface area (Å²) in [4.78, 5) is 4.35. The molecule has 0 unspecified atom stereocenters. The van der Waals surface area contributed by atoms with E-state index in [4.69, 9.17) is 0 Å². The van der Waals surface area contributed by atoms with Gasteiger partial charge in [0.05, 0.1) is 5.01 Å². The number of hydrogen-bond acceptors (Lipinski definition) is 2. The van der Waals surface area contributed by atoms with Crippen molar-refractivity contribution in [2.75, 3.05) is 0 Å². The molecule has 0 fully saturated rings. The van der Waals surface area contributed by atoms with E-state index in [0.717, 1.165) is 0 Å². The van der Waals surface area contributed by atoms with Gasteiger partial charge in [-0.05, 0) is 12.8 Å². The molecular weight excluding hydrogens is 346 g/mol. The van der Waals surface area contributed by atoms with Crippen LogP contribution in [0.4, 0.5) is 0 Å². The highest BCUT2D eigenvalue weighted by atomic mass is 32.1. The Morgan fingerprint density at radius 1 is 0.556 bits per heavy atom. The SMILES string of the molecule is CCCCCCCCCCCCCCCCCCCCCCc1nccs1. The Morgan fingerprint density at radius 3 is 1.26 bits per heavy atom. The van der Waals surface area contributed by atoms with Gasteiger partial charge >= 0.3 is 0 Å². The summed E-state index contributed by atoms with van der Waals surface area (Å²) in [5.74, 6) is 0. The van der Waals surface area contributed by atoms with Crippen LogP contribution >= 0.6 is 11.3 Å². The van der Waals surface area contributed by atoms with Gasteiger partial charge in [0.25, 0.3) is 0 Å². The van der Waals surface area contributed by atoms with Crippen LogP contribution in [-0.4, -0.2) is 4.98 Å². The summed E-state index contributed by atoms with van der Waals surface area (Å²) in [6.07, 6.45) is 32.1. The number of aryl methyl sites for hydroxylation is 1. The maximum atomic E-state index is 4.35. The summed E-state index contributed by atoms with van der Waals surface area (Å²) < 4.78 is 0. The molecule has 0 aliphatic heterocycles. The lowest BCUT2D eigenvalue weighted by Gasteiger charge is -2.04. The van der Waals surface area contributed by atoms with Crippen molar-refractivity contribution in [3.05, 3.63) is 16.6 Å². The fourth-order valence-corrected chi connectivity index (χ4v) is 4.57. The number of nitrogens with zero attached hydrogens (tertiary/aromatic N) is 1. The molecule has 0 N–H and O–H groups in total. The molecule has 1 rings (SSSR count). The average Bonchev–Trinajstić information content (AvgIpc) is 3.20. The van der Waals surface area contributed by atoms with Gasteiger partial charge in [0.15, 0.2) is 0 Å². The van der Waals surface area contributed by atoms with E-state index in [1.165, 1.54) is 140 Å². The van der Waals surface area contributed by atoms with E-state index >= 15 is 0 Å². The topological polar surface area (TPSA) is 12.9 Å². The molecule has 1 nitrogen and oxygen atoms in total. The summed E-state index contributed by atoms with van der Waals surface area (Å²) in [6, 6.07) is 0. The van der Waals surface area contributed by atoms with Crippen molar-refractivity contribution in [2.24, 2.45) is 0 Å². The number of unbranched alkanes of at least 4 members (excludes halogenated alkanes) is 19. The van der Waals surface area contributed by atoms with Crippen molar-refractivity contribution in [1.29, 1.82) is 0 Å². The molecule has 0 aliphatic carbocycles. The Labute approximate surface area is 174 Å². The third kappa shape index (κ3) is 17.5. The van der Waals surface area contributed by atoms with Crippen LogP contribution < -0.4 is 0 Å². The molecule has 1 aromatic rings. The van der Waals surface area contributed by atoms with Crippen molar-refractivity contribution in [1.82, 2.24) is 4.98 Å². The quantitative estimate of drug-likeness (QED) is 0.189.